The normalized spacial score (nSPS) is 14.2. The molecule has 3 rings (SSSR count). The van der Waals surface area contributed by atoms with Crippen LogP contribution in [0.1, 0.15) is 36.7 Å². The molecule has 9 nitrogen and oxygen atoms in total. The molecule has 0 atom stereocenters. The van der Waals surface area contributed by atoms with Crippen LogP contribution in [-0.2, 0) is 4.74 Å². The fourth-order valence-corrected chi connectivity index (χ4v) is 3.60. The van der Waals surface area contributed by atoms with Gasteiger partial charge in [0.2, 0.25) is 0 Å². The fraction of sp³-hybridized carbons (Fsp3) is 0.423. The molecule has 1 aliphatic heterocycles. The van der Waals surface area contributed by atoms with E-state index in [-0.39, 0.29) is 18.0 Å². The second-order valence-corrected chi connectivity index (χ2v) is 9.54. The Hall–Kier alpha value is -3.59. The van der Waals surface area contributed by atoms with Gasteiger partial charge in [0.05, 0.1) is 0 Å². The number of anilines is 2. The quantitative estimate of drug-likeness (QED) is 0.580. The van der Waals surface area contributed by atoms with Gasteiger partial charge >= 0.3 is 12.1 Å². The molecule has 3 N–H and O–H groups in total. The van der Waals surface area contributed by atoms with Crippen molar-refractivity contribution in [2.75, 3.05) is 49.9 Å². The first-order valence-corrected chi connectivity index (χ1v) is 11.8. The highest BCUT2D eigenvalue weighted by atomic mass is 16.6. The van der Waals surface area contributed by atoms with Gasteiger partial charge in [0.1, 0.15) is 5.60 Å². The lowest BCUT2D eigenvalue weighted by Gasteiger charge is -2.35. The van der Waals surface area contributed by atoms with Crippen LogP contribution in [0.4, 0.5) is 21.0 Å². The number of hydrogen-bond donors (Lipinski definition) is 3. The van der Waals surface area contributed by atoms with Gasteiger partial charge in [-0.25, -0.2) is 9.59 Å². The summed E-state index contributed by atoms with van der Waals surface area (Å²) in [6.07, 6.45) is -0.287. The Morgan fingerprint density at radius 1 is 0.943 bits per heavy atom. The summed E-state index contributed by atoms with van der Waals surface area (Å²) in [4.78, 5) is 41.1. The van der Waals surface area contributed by atoms with Crippen LogP contribution in [-0.4, -0.2) is 72.7 Å². The van der Waals surface area contributed by atoms with E-state index in [4.69, 9.17) is 4.74 Å². The van der Waals surface area contributed by atoms with E-state index >= 15 is 0 Å². The molecule has 0 saturated carbocycles. The lowest BCUT2D eigenvalue weighted by atomic mass is 10.1. The molecule has 2 aromatic carbocycles. The average Bonchev–Trinajstić information content (AvgIpc) is 2.80. The highest BCUT2D eigenvalue weighted by molar-refractivity contribution is 6.05. The molecule has 1 heterocycles. The second kappa shape index (κ2) is 11.7. The molecule has 35 heavy (non-hydrogen) atoms. The van der Waals surface area contributed by atoms with Crippen LogP contribution < -0.4 is 16.0 Å². The second-order valence-electron chi connectivity index (χ2n) is 9.54. The van der Waals surface area contributed by atoms with Gasteiger partial charge < -0.3 is 25.6 Å². The van der Waals surface area contributed by atoms with Gasteiger partial charge in [0.15, 0.2) is 0 Å². The SMILES string of the molecule is Cc1ccc(C(=O)Nc2ccccc2)cc1NC(=O)NCCN1CCN(C(=O)OC(C)(C)C)CC1. The number of piperazine rings is 1. The van der Waals surface area contributed by atoms with E-state index in [0.717, 1.165) is 18.7 Å². The number of urea groups is 1. The molecule has 9 heteroatoms. The van der Waals surface area contributed by atoms with E-state index in [2.05, 4.69) is 20.9 Å². The first-order valence-electron chi connectivity index (χ1n) is 11.8. The van der Waals surface area contributed by atoms with Gasteiger partial charge in [-0.1, -0.05) is 24.3 Å². The average molecular weight is 482 g/mol. The van der Waals surface area contributed by atoms with Crippen molar-refractivity contribution < 1.29 is 19.1 Å². The van der Waals surface area contributed by atoms with Gasteiger partial charge in [-0.2, -0.15) is 0 Å². The summed E-state index contributed by atoms with van der Waals surface area (Å²) < 4.78 is 5.42. The summed E-state index contributed by atoms with van der Waals surface area (Å²) in [6, 6.07) is 14.1. The zero-order valence-corrected chi connectivity index (χ0v) is 20.9. The van der Waals surface area contributed by atoms with Crippen molar-refractivity contribution in [2.24, 2.45) is 0 Å². The van der Waals surface area contributed by atoms with E-state index in [1.807, 2.05) is 58.0 Å². The van der Waals surface area contributed by atoms with Crippen molar-refractivity contribution in [3.63, 3.8) is 0 Å². The Bertz CT molecular complexity index is 1030. The van der Waals surface area contributed by atoms with Crippen LogP contribution in [0.3, 0.4) is 0 Å². The van der Waals surface area contributed by atoms with Crippen molar-refractivity contribution >= 4 is 29.4 Å². The third-order valence-corrected chi connectivity index (χ3v) is 5.52. The maximum Gasteiger partial charge on any atom is 0.410 e. The van der Waals surface area contributed by atoms with Crippen molar-refractivity contribution in [2.45, 2.75) is 33.3 Å². The Labute approximate surface area is 206 Å². The van der Waals surface area contributed by atoms with Crippen LogP contribution in [0.2, 0.25) is 0 Å². The topological polar surface area (TPSA) is 103 Å². The van der Waals surface area contributed by atoms with Crippen molar-refractivity contribution in [3.8, 4) is 0 Å². The molecular weight excluding hydrogens is 446 g/mol. The van der Waals surface area contributed by atoms with E-state index in [1.54, 1.807) is 23.1 Å². The molecule has 1 fully saturated rings. The lowest BCUT2D eigenvalue weighted by molar-refractivity contribution is 0.0147. The molecular formula is C26H35N5O4. The highest BCUT2D eigenvalue weighted by Gasteiger charge is 2.25. The van der Waals surface area contributed by atoms with Crippen LogP contribution in [0.25, 0.3) is 0 Å². The number of para-hydroxylation sites is 1. The van der Waals surface area contributed by atoms with Gasteiger partial charge in [0, 0.05) is 56.2 Å². The molecule has 188 valence electrons. The van der Waals surface area contributed by atoms with Crippen LogP contribution in [0, 0.1) is 6.92 Å². The predicted octanol–water partition coefficient (Wildman–Crippen LogP) is 3.92. The van der Waals surface area contributed by atoms with Crippen molar-refractivity contribution in [1.82, 2.24) is 15.1 Å². The third kappa shape index (κ3) is 8.29. The molecule has 1 aliphatic rings. The fourth-order valence-electron chi connectivity index (χ4n) is 3.60. The number of nitrogens with zero attached hydrogens (tertiary/aromatic N) is 2. The molecule has 0 bridgehead atoms. The molecule has 0 aromatic heterocycles. The monoisotopic (exact) mass is 481 g/mol. The molecule has 0 radical (unpaired) electrons. The number of benzene rings is 2. The summed E-state index contributed by atoms with van der Waals surface area (Å²) in [5.41, 5.74) is 2.09. The number of carbonyl (C=O) groups is 3. The summed E-state index contributed by atoms with van der Waals surface area (Å²) in [5.74, 6) is -0.245. The minimum Gasteiger partial charge on any atom is -0.444 e. The lowest BCUT2D eigenvalue weighted by Crippen LogP contribution is -2.51. The molecule has 0 aliphatic carbocycles. The number of ether oxygens (including phenoxy) is 1. The van der Waals surface area contributed by atoms with Crippen LogP contribution in [0.5, 0.6) is 0 Å². The number of carbonyl (C=O) groups excluding carboxylic acids is 3. The number of aryl methyl sites for hydroxylation is 1. The largest absolute Gasteiger partial charge is 0.444 e. The van der Waals surface area contributed by atoms with Gasteiger partial charge in [0.25, 0.3) is 5.91 Å². The maximum absolute atomic E-state index is 12.6. The number of amides is 4. The standard InChI is InChI=1S/C26H35N5O4/c1-19-10-11-20(23(32)28-21-8-6-5-7-9-21)18-22(19)29-24(33)27-12-13-30-14-16-31(17-15-30)25(34)35-26(2,3)4/h5-11,18H,12-17H2,1-4H3,(H,28,32)(H2,27,29,33). The Kier molecular flexibility index (Phi) is 8.70. The third-order valence-electron chi connectivity index (χ3n) is 5.52. The van der Waals surface area contributed by atoms with Crippen LogP contribution >= 0.6 is 0 Å². The van der Waals surface area contributed by atoms with E-state index in [1.165, 1.54) is 0 Å². The molecule has 0 unspecified atom stereocenters. The first-order chi connectivity index (χ1) is 16.6. The number of rotatable bonds is 6. The molecule has 2 aromatic rings. The van der Waals surface area contributed by atoms with E-state index in [9.17, 15) is 14.4 Å². The smallest absolute Gasteiger partial charge is 0.410 e. The number of hydrogen-bond acceptors (Lipinski definition) is 5. The Morgan fingerprint density at radius 3 is 2.29 bits per heavy atom. The van der Waals surface area contributed by atoms with Crippen molar-refractivity contribution in [3.05, 3.63) is 59.7 Å². The molecule has 0 spiro atoms. The Morgan fingerprint density at radius 2 is 1.63 bits per heavy atom. The Balaban J connectivity index is 1.43. The zero-order valence-electron chi connectivity index (χ0n) is 20.9. The first kappa shape index (κ1) is 26.0. The van der Waals surface area contributed by atoms with Gasteiger partial charge in [-0.15, -0.1) is 0 Å². The summed E-state index contributed by atoms with van der Waals surface area (Å²) >= 11 is 0. The summed E-state index contributed by atoms with van der Waals surface area (Å²) in [5, 5.41) is 8.54. The van der Waals surface area contributed by atoms with Gasteiger partial charge in [-0.05, 0) is 57.5 Å². The zero-order chi connectivity index (χ0) is 25.4. The molecule has 1 saturated heterocycles. The summed E-state index contributed by atoms with van der Waals surface area (Å²) in [6.45, 7) is 11.2. The minimum absolute atomic E-state index is 0.245. The molecule has 4 amide bonds. The maximum atomic E-state index is 12.6. The van der Waals surface area contributed by atoms with E-state index in [0.29, 0.717) is 43.1 Å². The minimum atomic E-state index is -0.505. The van der Waals surface area contributed by atoms with Crippen LogP contribution in [0.15, 0.2) is 48.5 Å². The summed E-state index contributed by atoms with van der Waals surface area (Å²) in [7, 11) is 0. The van der Waals surface area contributed by atoms with Gasteiger partial charge in [-0.3, -0.25) is 9.69 Å². The highest BCUT2D eigenvalue weighted by Crippen LogP contribution is 2.18. The predicted molar refractivity (Wildman–Crippen MR) is 137 cm³/mol. The number of nitrogens with one attached hydrogen (secondary N) is 3. The van der Waals surface area contributed by atoms with Crippen molar-refractivity contribution in [1.29, 1.82) is 0 Å². The van der Waals surface area contributed by atoms with E-state index < -0.39 is 5.60 Å².